The number of carbonyl (C=O) groups excluding carboxylic acids is 3. The van der Waals surface area contributed by atoms with E-state index in [0.717, 1.165) is 6.42 Å². The fraction of sp³-hybridized carbons (Fsp3) is 0.550. The van der Waals surface area contributed by atoms with Crippen LogP contribution in [-0.2, 0) is 33.3 Å². The highest BCUT2D eigenvalue weighted by atomic mass is 16.6. The van der Waals surface area contributed by atoms with Crippen LogP contribution in [0.4, 0.5) is 0 Å². The molecule has 0 saturated carbocycles. The van der Waals surface area contributed by atoms with Gasteiger partial charge in [-0.2, -0.15) is 0 Å². The van der Waals surface area contributed by atoms with E-state index in [2.05, 4.69) is 19.7 Å². The van der Waals surface area contributed by atoms with Crippen LogP contribution in [0.3, 0.4) is 0 Å². The lowest BCUT2D eigenvalue weighted by Gasteiger charge is -2.32. The third-order valence-electron chi connectivity index (χ3n) is 3.33. The molecule has 0 aliphatic heterocycles. The van der Waals surface area contributed by atoms with Crippen LogP contribution in [-0.4, -0.2) is 50.9 Å². The molecule has 7 nitrogen and oxygen atoms in total. The van der Waals surface area contributed by atoms with Gasteiger partial charge < -0.3 is 18.9 Å². The second-order valence-corrected chi connectivity index (χ2v) is 6.62. The first-order chi connectivity index (χ1) is 12.5. The molecule has 0 rings (SSSR count). The van der Waals surface area contributed by atoms with Gasteiger partial charge in [-0.05, 0) is 27.2 Å². The monoisotopic (exact) mass is 382 g/mol. The number of hydrogen-bond acceptors (Lipinski definition) is 7. The lowest BCUT2D eigenvalue weighted by atomic mass is 9.92. The maximum atomic E-state index is 11.8. The Balaban J connectivity index is 5.42. The standard InChI is InChI=1S/C20H30O7/c1-8-9-24-10-20(11-25-17(21)14(2)3,12-26-18(22)15(4)5)13-27-19(23)16(6)7/h2,4,6,8-13H2,1,3,5,7H3. The van der Waals surface area contributed by atoms with Crippen LogP contribution in [0.2, 0.25) is 0 Å². The zero-order valence-corrected chi connectivity index (χ0v) is 16.7. The van der Waals surface area contributed by atoms with Gasteiger partial charge in [-0.25, -0.2) is 14.4 Å². The minimum Gasteiger partial charge on any atom is -0.461 e. The quantitative estimate of drug-likeness (QED) is 0.209. The summed E-state index contributed by atoms with van der Waals surface area (Å²) in [5.74, 6) is -1.81. The molecule has 0 bridgehead atoms. The smallest absolute Gasteiger partial charge is 0.333 e. The summed E-state index contributed by atoms with van der Waals surface area (Å²) in [6.45, 7) is 17.0. The Kier molecular flexibility index (Phi) is 11.0. The molecule has 7 heteroatoms. The van der Waals surface area contributed by atoms with Gasteiger partial charge in [0.1, 0.15) is 19.8 Å². The van der Waals surface area contributed by atoms with E-state index < -0.39 is 23.3 Å². The topological polar surface area (TPSA) is 88.1 Å². The van der Waals surface area contributed by atoms with Gasteiger partial charge in [0.05, 0.1) is 12.0 Å². The third-order valence-corrected chi connectivity index (χ3v) is 3.33. The summed E-state index contributed by atoms with van der Waals surface area (Å²) < 4.78 is 21.3. The molecule has 0 atom stereocenters. The average Bonchev–Trinajstić information content (AvgIpc) is 2.61. The Labute approximate surface area is 161 Å². The third kappa shape index (κ3) is 9.75. The van der Waals surface area contributed by atoms with Crippen molar-refractivity contribution in [3.63, 3.8) is 0 Å². The van der Waals surface area contributed by atoms with Crippen molar-refractivity contribution in [1.29, 1.82) is 0 Å². The first-order valence-corrected chi connectivity index (χ1v) is 8.60. The first kappa shape index (κ1) is 24.6. The molecule has 0 N–H and O–H groups in total. The molecular formula is C20H30O7. The highest BCUT2D eigenvalue weighted by Crippen LogP contribution is 2.22. The van der Waals surface area contributed by atoms with E-state index in [4.69, 9.17) is 18.9 Å². The van der Waals surface area contributed by atoms with Gasteiger partial charge in [-0.1, -0.05) is 26.7 Å². The van der Waals surface area contributed by atoms with Crippen molar-refractivity contribution in [3.8, 4) is 0 Å². The van der Waals surface area contributed by atoms with E-state index in [1.807, 2.05) is 6.92 Å². The summed E-state index contributed by atoms with van der Waals surface area (Å²) in [6, 6.07) is 0. The molecule has 27 heavy (non-hydrogen) atoms. The van der Waals surface area contributed by atoms with Gasteiger partial charge in [0, 0.05) is 23.3 Å². The van der Waals surface area contributed by atoms with E-state index in [9.17, 15) is 14.4 Å². The first-order valence-electron chi connectivity index (χ1n) is 8.60. The lowest BCUT2D eigenvalue weighted by molar-refractivity contribution is -0.162. The van der Waals surface area contributed by atoms with Crippen LogP contribution < -0.4 is 0 Å². The molecule has 0 spiro atoms. The Bertz CT molecular complexity index is 515. The van der Waals surface area contributed by atoms with E-state index in [1.54, 1.807) is 0 Å². The van der Waals surface area contributed by atoms with Crippen molar-refractivity contribution in [1.82, 2.24) is 0 Å². The van der Waals surface area contributed by atoms with Crippen molar-refractivity contribution in [2.45, 2.75) is 34.1 Å². The van der Waals surface area contributed by atoms with E-state index in [0.29, 0.717) is 6.61 Å². The molecule has 0 fully saturated rings. The number of esters is 3. The number of ether oxygens (including phenoxy) is 4. The van der Waals surface area contributed by atoms with Crippen LogP contribution in [0.15, 0.2) is 36.5 Å². The summed E-state index contributed by atoms with van der Waals surface area (Å²) in [6.07, 6.45) is 0.763. The van der Waals surface area contributed by atoms with E-state index >= 15 is 0 Å². The highest BCUT2D eigenvalue weighted by molar-refractivity contribution is 5.88. The zero-order chi connectivity index (χ0) is 21.0. The molecule has 0 aromatic rings. The predicted molar refractivity (Wildman–Crippen MR) is 101 cm³/mol. The van der Waals surface area contributed by atoms with E-state index in [-0.39, 0.29) is 43.1 Å². The number of carbonyl (C=O) groups is 3. The normalized spacial score (nSPS) is 10.7. The second-order valence-electron chi connectivity index (χ2n) is 6.62. The van der Waals surface area contributed by atoms with Crippen LogP contribution in [0.5, 0.6) is 0 Å². The molecular weight excluding hydrogens is 352 g/mol. The maximum absolute atomic E-state index is 11.8. The van der Waals surface area contributed by atoms with Crippen molar-refractivity contribution < 1.29 is 33.3 Å². The molecule has 0 radical (unpaired) electrons. The SMILES string of the molecule is C=C(C)C(=O)OCC(COCCC)(COC(=O)C(=C)C)COC(=O)C(=C)C. The number of rotatable bonds is 13. The zero-order valence-electron chi connectivity index (χ0n) is 16.7. The van der Waals surface area contributed by atoms with Crippen LogP contribution >= 0.6 is 0 Å². The molecule has 0 unspecified atom stereocenters. The summed E-state index contributed by atoms with van der Waals surface area (Å²) in [5, 5.41) is 0. The largest absolute Gasteiger partial charge is 0.461 e. The average molecular weight is 382 g/mol. The molecule has 0 aliphatic carbocycles. The van der Waals surface area contributed by atoms with Gasteiger partial charge in [0.2, 0.25) is 0 Å². The fourth-order valence-electron chi connectivity index (χ4n) is 1.71. The summed E-state index contributed by atoms with van der Waals surface area (Å²) in [4.78, 5) is 35.4. The number of hydrogen-bond donors (Lipinski definition) is 0. The van der Waals surface area contributed by atoms with Crippen molar-refractivity contribution >= 4 is 17.9 Å². The second kappa shape index (κ2) is 12.1. The van der Waals surface area contributed by atoms with Crippen LogP contribution in [0.1, 0.15) is 34.1 Å². The van der Waals surface area contributed by atoms with Crippen molar-refractivity contribution in [3.05, 3.63) is 36.5 Å². The Hall–Kier alpha value is -2.41. The molecule has 0 aromatic heterocycles. The Morgan fingerprint density at radius 1 is 0.704 bits per heavy atom. The Morgan fingerprint density at radius 3 is 1.30 bits per heavy atom. The molecule has 0 saturated heterocycles. The molecule has 152 valence electrons. The molecule has 0 heterocycles. The van der Waals surface area contributed by atoms with Gasteiger partial charge >= 0.3 is 17.9 Å². The van der Waals surface area contributed by atoms with Crippen LogP contribution in [0.25, 0.3) is 0 Å². The van der Waals surface area contributed by atoms with Gasteiger partial charge in [0.15, 0.2) is 0 Å². The van der Waals surface area contributed by atoms with E-state index in [1.165, 1.54) is 20.8 Å². The summed E-state index contributed by atoms with van der Waals surface area (Å²) >= 11 is 0. The van der Waals surface area contributed by atoms with Crippen molar-refractivity contribution in [2.75, 3.05) is 33.0 Å². The lowest BCUT2D eigenvalue weighted by Crippen LogP contribution is -2.43. The van der Waals surface area contributed by atoms with Gasteiger partial charge in [0.25, 0.3) is 0 Å². The predicted octanol–water partition coefficient (Wildman–Crippen LogP) is 2.76. The Morgan fingerprint density at radius 2 is 1.04 bits per heavy atom. The minimum absolute atomic E-state index is 0.0528. The summed E-state index contributed by atoms with van der Waals surface area (Å²) in [5.41, 5.74) is -0.417. The maximum Gasteiger partial charge on any atom is 0.333 e. The molecule has 0 amide bonds. The fourth-order valence-corrected chi connectivity index (χ4v) is 1.71. The molecule has 0 aliphatic rings. The minimum atomic E-state index is -1.07. The molecule has 0 aromatic carbocycles. The van der Waals surface area contributed by atoms with Crippen LogP contribution in [0, 0.1) is 5.41 Å². The summed E-state index contributed by atoms with van der Waals surface area (Å²) in [7, 11) is 0. The van der Waals surface area contributed by atoms with Gasteiger partial charge in [-0.15, -0.1) is 0 Å². The van der Waals surface area contributed by atoms with Gasteiger partial charge in [-0.3, -0.25) is 0 Å². The van der Waals surface area contributed by atoms with Crippen molar-refractivity contribution in [2.24, 2.45) is 5.41 Å². The highest BCUT2D eigenvalue weighted by Gasteiger charge is 2.36.